The number of aryl methyl sites for hydroxylation is 3. The maximum absolute atomic E-state index is 6.00. The predicted octanol–water partition coefficient (Wildman–Crippen LogP) is 3.21. The Kier molecular flexibility index (Phi) is 5.20. The van der Waals surface area contributed by atoms with Gasteiger partial charge in [-0.1, -0.05) is 6.07 Å². The lowest BCUT2D eigenvalue weighted by Gasteiger charge is -2.32. The van der Waals surface area contributed by atoms with Crippen LogP contribution in [0, 0.1) is 13.8 Å². The Morgan fingerprint density at radius 3 is 2.93 bits per heavy atom. The molecule has 1 aliphatic heterocycles. The van der Waals surface area contributed by atoms with Crippen LogP contribution in [0.3, 0.4) is 0 Å². The molecule has 0 amide bonds. The fourth-order valence-electron chi connectivity index (χ4n) is 3.17. The number of thiazole rings is 1. The molecular weight excluding hydrogens is 360 g/mol. The molecule has 142 valence electrons. The third kappa shape index (κ3) is 4.35. The van der Waals surface area contributed by atoms with Crippen molar-refractivity contribution in [2.75, 3.05) is 25.0 Å². The molecule has 0 spiro atoms. The standard InChI is InChI=1S/C19H24N6OS/c1-13-14(2)27-19(21-13)23-18-6-4-5-16(22-18)17-12-25(7-8-26-17)11-15-9-20-24(3)10-15/h4-6,9-10,17H,7-8,11-12H2,1-3H3,(H,21,22,23)/t17-/m0/s1. The lowest BCUT2D eigenvalue weighted by Crippen LogP contribution is -2.38. The van der Waals surface area contributed by atoms with Gasteiger partial charge >= 0.3 is 0 Å². The van der Waals surface area contributed by atoms with Crippen LogP contribution in [0.15, 0.2) is 30.6 Å². The number of anilines is 2. The van der Waals surface area contributed by atoms with Crippen molar-refractivity contribution in [3.63, 3.8) is 0 Å². The van der Waals surface area contributed by atoms with Crippen LogP contribution in [0.25, 0.3) is 0 Å². The summed E-state index contributed by atoms with van der Waals surface area (Å²) in [4.78, 5) is 12.9. The van der Waals surface area contributed by atoms with E-state index >= 15 is 0 Å². The SMILES string of the molecule is Cc1nc(Nc2cccc([C@@H]3CN(Cc4cnn(C)c4)CCO3)n2)sc1C. The lowest BCUT2D eigenvalue weighted by molar-refractivity contribution is -0.0349. The second-order valence-corrected chi connectivity index (χ2v) is 8.05. The monoisotopic (exact) mass is 384 g/mol. The van der Waals surface area contributed by atoms with Crippen molar-refractivity contribution in [3.8, 4) is 0 Å². The molecule has 27 heavy (non-hydrogen) atoms. The van der Waals surface area contributed by atoms with Crippen LogP contribution >= 0.6 is 11.3 Å². The van der Waals surface area contributed by atoms with Crippen LogP contribution in [-0.2, 0) is 18.3 Å². The summed E-state index contributed by atoms with van der Waals surface area (Å²) >= 11 is 1.64. The molecule has 1 aliphatic rings. The summed E-state index contributed by atoms with van der Waals surface area (Å²) in [7, 11) is 1.94. The van der Waals surface area contributed by atoms with Gasteiger partial charge in [0.05, 0.1) is 24.2 Å². The Bertz CT molecular complexity index is 901. The van der Waals surface area contributed by atoms with Crippen LogP contribution in [-0.4, -0.2) is 44.3 Å². The van der Waals surface area contributed by atoms with Crippen LogP contribution in [0.1, 0.15) is 27.9 Å². The molecule has 0 aromatic carbocycles. The quantitative estimate of drug-likeness (QED) is 0.729. The molecule has 1 N–H and O–H groups in total. The van der Waals surface area contributed by atoms with Gasteiger partial charge in [0.1, 0.15) is 11.9 Å². The van der Waals surface area contributed by atoms with Gasteiger partial charge in [-0.05, 0) is 26.0 Å². The Balaban J connectivity index is 1.44. The number of morpholine rings is 1. The lowest BCUT2D eigenvalue weighted by atomic mass is 10.1. The summed E-state index contributed by atoms with van der Waals surface area (Å²) in [5.74, 6) is 0.800. The zero-order valence-corrected chi connectivity index (χ0v) is 16.7. The van der Waals surface area contributed by atoms with Crippen molar-refractivity contribution in [2.24, 2.45) is 7.05 Å². The Hall–Kier alpha value is -2.29. The first-order chi connectivity index (χ1) is 13.1. The van der Waals surface area contributed by atoms with E-state index in [-0.39, 0.29) is 6.10 Å². The second-order valence-electron chi connectivity index (χ2n) is 6.85. The number of rotatable bonds is 5. The highest BCUT2D eigenvalue weighted by atomic mass is 32.1. The van der Waals surface area contributed by atoms with E-state index in [2.05, 4.69) is 33.4 Å². The molecule has 3 aromatic rings. The highest BCUT2D eigenvalue weighted by molar-refractivity contribution is 7.15. The Morgan fingerprint density at radius 2 is 2.19 bits per heavy atom. The van der Waals surface area contributed by atoms with Gasteiger partial charge in [-0.2, -0.15) is 5.10 Å². The minimum Gasteiger partial charge on any atom is -0.369 e. The van der Waals surface area contributed by atoms with E-state index in [9.17, 15) is 0 Å². The molecule has 4 rings (SSSR count). The summed E-state index contributed by atoms with van der Waals surface area (Å²) in [6, 6.07) is 6.01. The molecule has 0 saturated carbocycles. The van der Waals surface area contributed by atoms with E-state index in [1.165, 1.54) is 10.4 Å². The van der Waals surface area contributed by atoms with E-state index in [4.69, 9.17) is 9.72 Å². The topological polar surface area (TPSA) is 68.1 Å². The van der Waals surface area contributed by atoms with Gasteiger partial charge in [-0.15, -0.1) is 11.3 Å². The van der Waals surface area contributed by atoms with E-state index in [0.29, 0.717) is 6.61 Å². The zero-order valence-electron chi connectivity index (χ0n) is 15.8. The summed E-state index contributed by atoms with van der Waals surface area (Å²) in [5.41, 5.74) is 3.22. The first-order valence-electron chi connectivity index (χ1n) is 9.06. The van der Waals surface area contributed by atoms with Crippen molar-refractivity contribution < 1.29 is 4.74 Å². The summed E-state index contributed by atoms with van der Waals surface area (Å²) in [6.45, 7) is 7.42. The fraction of sp³-hybridized carbons (Fsp3) is 0.421. The van der Waals surface area contributed by atoms with E-state index in [1.54, 1.807) is 11.3 Å². The van der Waals surface area contributed by atoms with Gasteiger partial charge in [-0.3, -0.25) is 9.58 Å². The molecule has 1 saturated heterocycles. The van der Waals surface area contributed by atoms with Crippen LogP contribution in [0.5, 0.6) is 0 Å². The number of pyridine rings is 1. The van der Waals surface area contributed by atoms with E-state index in [1.807, 2.05) is 43.0 Å². The molecule has 0 radical (unpaired) electrons. The van der Waals surface area contributed by atoms with Crippen molar-refractivity contribution in [1.82, 2.24) is 24.6 Å². The average molecular weight is 385 g/mol. The number of hydrogen-bond donors (Lipinski definition) is 1. The van der Waals surface area contributed by atoms with Gasteiger partial charge < -0.3 is 10.1 Å². The van der Waals surface area contributed by atoms with E-state index < -0.39 is 0 Å². The fourth-order valence-corrected chi connectivity index (χ4v) is 3.99. The minimum absolute atomic E-state index is 0.0306. The second kappa shape index (κ2) is 7.75. The third-order valence-corrected chi connectivity index (χ3v) is 5.67. The molecule has 1 fully saturated rings. The zero-order chi connectivity index (χ0) is 18.8. The van der Waals surface area contributed by atoms with Crippen molar-refractivity contribution in [3.05, 3.63) is 52.4 Å². The third-order valence-electron chi connectivity index (χ3n) is 4.68. The maximum Gasteiger partial charge on any atom is 0.188 e. The van der Waals surface area contributed by atoms with Crippen molar-refractivity contribution in [2.45, 2.75) is 26.5 Å². The number of aromatic nitrogens is 4. The van der Waals surface area contributed by atoms with Crippen LogP contribution in [0.4, 0.5) is 10.9 Å². The summed E-state index contributed by atoms with van der Waals surface area (Å²) in [6.07, 6.45) is 3.95. The van der Waals surface area contributed by atoms with E-state index in [0.717, 1.165) is 42.0 Å². The average Bonchev–Trinajstić information content (AvgIpc) is 3.20. The predicted molar refractivity (Wildman–Crippen MR) is 106 cm³/mol. The molecule has 0 bridgehead atoms. The van der Waals surface area contributed by atoms with Crippen LogP contribution in [0.2, 0.25) is 0 Å². The smallest absolute Gasteiger partial charge is 0.188 e. The first kappa shape index (κ1) is 18.1. The normalized spacial score (nSPS) is 18.0. The molecule has 7 nitrogen and oxygen atoms in total. The largest absolute Gasteiger partial charge is 0.369 e. The van der Waals surface area contributed by atoms with Gasteiger partial charge in [0, 0.05) is 43.3 Å². The number of nitrogens with one attached hydrogen (secondary N) is 1. The Morgan fingerprint density at radius 1 is 1.30 bits per heavy atom. The first-order valence-corrected chi connectivity index (χ1v) is 9.88. The van der Waals surface area contributed by atoms with Crippen molar-refractivity contribution >= 4 is 22.3 Å². The highest BCUT2D eigenvalue weighted by Gasteiger charge is 2.23. The molecule has 8 heteroatoms. The van der Waals surface area contributed by atoms with Crippen molar-refractivity contribution in [1.29, 1.82) is 0 Å². The minimum atomic E-state index is -0.0306. The van der Waals surface area contributed by atoms with Gasteiger partial charge in [0.2, 0.25) is 0 Å². The molecule has 1 atom stereocenters. The van der Waals surface area contributed by atoms with Gasteiger partial charge in [0.25, 0.3) is 0 Å². The highest BCUT2D eigenvalue weighted by Crippen LogP contribution is 2.26. The number of nitrogens with zero attached hydrogens (tertiary/aromatic N) is 5. The Labute approximate surface area is 163 Å². The summed E-state index contributed by atoms with van der Waals surface area (Å²) in [5, 5.41) is 8.44. The van der Waals surface area contributed by atoms with Crippen LogP contribution < -0.4 is 5.32 Å². The number of ether oxygens (including phenoxy) is 1. The van der Waals surface area contributed by atoms with Gasteiger partial charge in [-0.25, -0.2) is 9.97 Å². The molecule has 3 aromatic heterocycles. The molecular formula is C19H24N6OS. The summed E-state index contributed by atoms with van der Waals surface area (Å²) < 4.78 is 7.84. The molecule has 0 aliphatic carbocycles. The molecule has 4 heterocycles. The van der Waals surface area contributed by atoms with Gasteiger partial charge in [0.15, 0.2) is 5.13 Å². The number of hydrogen-bond acceptors (Lipinski definition) is 7. The maximum atomic E-state index is 6.00. The molecule has 0 unspecified atom stereocenters.